The first kappa shape index (κ1) is 32.0. The van der Waals surface area contributed by atoms with Crippen molar-refractivity contribution < 1.29 is 21.6 Å². The minimum absolute atomic E-state index is 0. The standard InChI is InChI=1S/C16H14.C9H13.C7H13NO.2CH3.H4Si.Ti/c1-3-9-15(10-4-1)13-7-8-14-16-11-5-2-6-12-16;1-6-5-7(2)9(4)8(6)3;8-7(9)6-4-2-1-3-5-6;;;;/h1-14H;6H,1-4H3;6H,1-5H2,(H2,8,9);2*1H3;1H4;/q;;;;;;+1/p-1. The van der Waals surface area contributed by atoms with Crippen molar-refractivity contribution in [1.29, 1.82) is 0 Å². The van der Waals surface area contributed by atoms with Crippen LogP contribution in [0.25, 0.3) is 12.2 Å². The van der Waals surface area contributed by atoms with Crippen molar-refractivity contribution in [3.8, 4) is 0 Å². The topological polar surface area (TPSA) is 29.1 Å². The number of nitrogens with one attached hydrogen (secondary N) is 1. The molecule has 1 saturated carbocycles. The Morgan fingerprint density at radius 3 is 1.68 bits per heavy atom. The van der Waals surface area contributed by atoms with E-state index >= 15 is 0 Å². The molecule has 38 heavy (non-hydrogen) atoms. The number of rotatable bonds is 6. The van der Waals surface area contributed by atoms with E-state index in [0.717, 1.165) is 12.8 Å². The van der Waals surface area contributed by atoms with Crippen molar-refractivity contribution in [3.05, 3.63) is 105 Å². The van der Waals surface area contributed by atoms with Crippen LogP contribution in [-0.2, 0) is 21.6 Å². The van der Waals surface area contributed by atoms with Crippen molar-refractivity contribution >= 4 is 29.0 Å². The predicted octanol–water partition coefficient (Wildman–Crippen LogP) is 8.07. The molecule has 204 valence electrons. The molecule has 0 radical (unpaired) electrons. The summed E-state index contributed by atoms with van der Waals surface area (Å²) in [5.74, 6) is 1.14. The quantitative estimate of drug-likeness (QED) is 0.280. The van der Waals surface area contributed by atoms with Crippen LogP contribution in [0.15, 0.2) is 93.4 Å². The third kappa shape index (κ3) is 8.93. The van der Waals surface area contributed by atoms with Gasteiger partial charge in [-0.2, -0.15) is 0 Å². The second-order valence-corrected chi connectivity index (χ2v) is 17.4. The van der Waals surface area contributed by atoms with Crippen LogP contribution in [0.4, 0.5) is 0 Å². The van der Waals surface area contributed by atoms with E-state index in [4.69, 9.17) is 0 Å². The number of allylic oxidation sites excluding steroid dienone is 6. The fraction of sp³-hybridized carbons (Fsp3) is 0.382. The van der Waals surface area contributed by atoms with Gasteiger partial charge in [-0.15, -0.1) is 0 Å². The van der Waals surface area contributed by atoms with Crippen LogP contribution in [0, 0.1) is 11.8 Å². The van der Waals surface area contributed by atoms with Gasteiger partial charge in [-0.1, -0.05) is 85.0 Å². The third-order valence-corrected chi connectivity index (χ3v) is 12.7. The van der Waals surface area contributed by atoms with Crippen LogP contribution < -0.4 is 3.80 Å². The normalized spacial score (nSPS) is 18.4. The summed E-state index contributed by atoms with van der Waals surface area (Å²) >= 11 is -2.46. The first-order valence-electron chi connectivity index (χ1n) is 13.9. The number of hydrogen-bond acceptors (Lipinski definition) is 1. The Hall–Kier alpha value is -2.20. The Labute approximate surface area is 240 Å². The average Bonchev–Trinajstić information content (AvgIpc) is 3.11. The van der Waals surface area contributed by atoms with E-state index in [0.29, 0.717) is 11.8 Å². The molecule has 1 unspecified atom stereocenters. The number of benzene rings is 2. The molecule has 1 N–H and O–H groups in total. The Bertz CT molecular complexity index is 1110. The summed E-state index contributed by atoms with van der Waals surface area (Å²) in [5.41, 5.74) is 6.84. The van der Waals surface area contributed by atoms with Crippen molar-refractivity contribution in [2.75, 3.05) is 0 Å². The van der Waals surface area contributed by atoms with E-state index in [1.165, 1.54) is 47.1 Å². The molecule has 0 aliphatic heterocycles. The second-order valence-electron chi connectivity index (χ2n) is 11.1. The van der Waals surface area contributed by atoms with E-state index in [1.54, 1.807) is 3.88 Å². The first-order chi connectivity index (χ1) is 17.7. The zero-order valence-electron chi connectivity index (χ0n) is 23.7. The fourth-order valence-electron chi connectivity index (χ4n) is 5.68. The van der Waals surface area contributed by atoms with E-state index in [9.17, 15) is 4.79 Å². The summed E-state index contributed by atoms with van der Waals surface area (Å²) in [7, 11) is 0. The zero-order valence-corrected chi connectivity index (χ0v) is 25.2. The van der Waals surface area contributed by atoms with Gasteiger partial charge in [0, 0.05) is 0 Å². The smallest absolute Gasteiger partial charge is 0.0149 e. The van der Waals surface area contributed by atoms with E-state index in [2.05, 4.69) is 90.5 Å². The van der Waals surface area contributed by atoms with Gasteiger partial charge in [0.05, 0.1) is 0 Å². The molecule has 1 amide bonds. The molecule has 2 aliphatic carbocycles. The van der Waals surface area contributed by atoms with Gasteiger partial charge in [-0.05, 0) is 22.1 Å². The Morgan fingerprint density at radius 2 is 1.26 bits per heavy atom. The Balaban J connectivity index is 0.000000269. The maximum Gasteiger partial charge on any atom is -0.0149 e. The molecule has 0 spiro atoms. The molecule has 4 heteroatoms. The van der Waals surface area contributed by atoms with Crippen molar-refractivity contribution in [2.24, 2.45) is 11.8 Å². The maximum atomic E-state index is 12.6. The summed E-state index contributed by atoms with van der Waals surface area (Å²) in [6.07, 6.45) is 14.2. The molecule has 1 fully saturated rings. The Kier molecular flexibility index (Phi) is 13.0. The summed E-state index contributed by atoms with van der Waals surface area (Å²) in [6, 6.07) is 20.6. The molecule has 0 bridgehead atoms. The second kappa shape index (κ2) is 15.4. The van der Waals surface area contributed by atoms with Gasteiger partial charge in [0.1, 0.15) is 0 Å². The average molecular weight is 564 g/mol. The monoisotopic (exact) mass is 563 g/mol. The van der Waals surface area contributed by atoms with Crippen molar-refractivity contribution in [1.82, 2.24) is 3.80 Å². The summed E-state index contributed by atoms with van der Waals surface area (Å²) in [6.45, 7) is 9.04. The molecule has 0 saturated heterocycles. The Morgan fingerprint density at radius 1 is 0.789 bits per heavy atom. The number of hydrogen-bond donors (Lipinski definition) is 1. The molecular formula is C34H49NOSiTi. The van der Waals surface area contributed by atoms with Crippen LogP contribution in [0.3, 0.4) is 0 Å². The minimum Gasteiger partial charge on any atom is -0.0149 e. The van der Waals surface area contributed by atoms with Crippen LogP contribution in [0.2, 0.25) is 10.5 Å². The van der Waals surface area contributed by atoms with Gasteiger partial charge in [0.2, 0.25) is 0 Å². The number of carbonyl (C=O) groups is 1. The summed E-state index contributed by atoms with van der Waals surface area (Å²) in [5, 5.41) is 4.70. The molecule has 2 aromatic rings. The molecule has 2 aliphatic rings. The largest absolute Gasteiger partial charge is 0.0149 e. The molecule has 4 rings (SSSR count). The molecule has 2 nitrogen and oxygen atoms in total. The van der Waals surface area contributed by atoms with Crippen LogP contribution in [0.5, 0.6) is 0 Å². The fourth-order valence-corrected chi connectivity index (χ4v) is 11.0. The molecule has 2 aromatic carbocycles. The van der Waals surface area contributed by atoms with Gasteiger partial charge in [-0.25, -0.2) is 0 Å². The number of amides is 1. The summed E-state index contributed by atoms with van der Waals surface area (Å²) < 4.78 is 5.11. The SMILES string of the molecule is C(C=Cc1ccccc1)=Cc1ccccc1.CC1=C(C)C(C)[C]([Ti]([CH3])([CH3])[NH]C(=O)C2CCCCC2)=C1C.[SiH4]. The van der Waals surface area contributed by atoms with Crippen LogP contribution in [-0.4, -0.2) is 16.9 Å². The molecular weight excluding hydrogens is 514 g/mol. The van der Waals surface area contributed by atoms with Crippen molar-refractivity contribution in [2.45, 2.75) is 70.3 Å². The maximum absolute atomic E-state index is 12.6. The van der Waals surface area contributed by atoms with Crippen LogP contribution >= 0.6 is 0 Å². The van der Waals surface area contributed by atoms with E-state index in [1.807, 2.05) is 36.4 Å². The zero-order chi connectivity index (χ0) is 26.8. The third-order valence-electron chi connectivity index (χ3n) is 8.01. The first-order valence-corrected chi connectivity index (χ1v) is 18.5. The number of carbonyl (C=O) groups excluding carboxylic acids is 1. The van der Waals surface area contributed by atoms with Gasteiger partial charge in [0.25, 0.3) is 0 Å². The molecule has 1 atom stereocenters. The van der Waals surface area contributed by atoms with Gasteiger partial charge in [0.15, 0.2) is 0 Å². The molecule has 0 heterocycles. The summed E-state index contributed by atoms with van der Waals surface area (Å²) in [4.78, 5) is 12.6. The minimum atomic E-state index is -2.46. The van der Waals surface area contributed by atoms with Gasteiger partial charge < -0.3 is 0 Å². The van der Waals surface area contributed by atoms with Crippen molar-refractivity contribution in [3.63, 3.8) is 0 Å². The van der Waals surface area contributed by atoms with Gasteiger partial charge in [-0.3, -0.25) is 0 Å². The van der Waals surface area contributed by atoms with Crippen LogP contribution in [0.1, 0.15) is 70.9 Å². The van der Waals surface area contributed by atoms with Gasteiger partial charge >= 0.3 is 134 Å². The molecule has 0 aromatic heterocycles. The van der Waals surface area contributed by atoms with E-state index < -0.39 is 16.8 Å². The van der Waals surface area contributed by atoms with E-state index in [-0.39, 0.29) is 16.9 Å². The predicted molar refractivity (Wildman–Crippen MR) is 169 cm³/mol.